The Morgan fingerprint density at radius 3 is 2.33 bits per heavy atom. The fourth-order valence-corrected chi connectivity index (χ4v) is 4.95. The van der Waals surface area contributed by atoms with Gasteiger partial charge in [-0.2, -0.15) is 13.2 Å². The van der Waals surface area contributed by atoms with Crippen LogP contribution in [-0.4, -0.2) is 60.9 Å². The highest BCUT2D eigenvalue weighted by Crippen LogP contribution is 2.42. The van der Waals surface area contributed by atoms with Crippen LogP contribution >= 0.6 is 11.8 Å². The van der Waals surface area contributed by atoms with Gasteiger partial charge in [-0.25, -0.2) is 0 Å². The van der Waals surface area contributed by atoms with E-state index in [4.69, 9.17) is 0 Å². The second kappa shape index (κ2) is 9.61. The molecule has 0 atom stereocenters. The number of anilines is 1. The first kappa shape index (κ1) is 23.4. The zero-order valence-corrected chi connectivity index (χ0v) is 19.0. The molecule has 9 heteroatoms. The van der Waals surface area contributed by atoms with Gasteiger partial charge in [0.1, 0.15) is 6.54 Å². The number of thioether (sulfide) groups is 1. The number of fused-ring (bicyclic) bond motifs is 1. The Hall–Kier alpha value is -2.78. The van der Waals surface area contributed by atoms with Gasteiger partial charge >= 0.3 is 6.18 Å². The Morgan fingerprint density at radius 2 is 1.70 bits per heavy atom. The van der Waals surface area contributed by atoms with Gasteiger partial charge in [0.2, 0.25) is 5.91 Å². The highest BCUT2D eigenvalue weighted by molar-refractivity contribution is 8.04. The van der Waals surface area contributed by atoms with E-state index in [0.717, 1.165) is 36.7 Å². The Morgan fingerprint density at radius 1 is 1.03 bits per heavy atom. The first-order valence-corrected chi connectivity index (χ1v) is 11.6. The number of likely N-dealkylation sites (N-methyl/N-ethyl adjacent to an activating group) is 1. The van der Waals surface area contributed by atoms with E-state index in [-0.39, 0.29) is 18.4 Å². The number of amides is 2. The van der Waals surface area contributed by atoms with Crippen molar-refractivity contribution in [3.05, 3.63) is 64.6 Å². The first-order valence-electron chi connectivity index (χ1n) is 10.7. The van der Waals surface area contributed by atoms with Crippen molar-refractivity contribution in [1.29, 1.82) is 0 Å². The molecule has 2 aliphatic rings. The van der Waals surface area contributed by atoms with Gasteiger partial charge in [-0.15, -0.1) is 0 Å². The molecule has 0 N–H and O–H groups in total. The SMILES string of the molecule is CCN1CCN(C(=O)CN2C(=O)/C(=C\c3ccc(C(F)(F)F)cc3)Sc3ccccc32)CC1. The monoisotopic (exact) mass is 475 g/mol. The summed E-state index contributed by atoms with van der Waals surface area (Å²) in [6.07, 6.45) is -2.85. The van der Waals surface area contributed by atoms with E-state index >= 15 is 0 Å². The summed E-state index contributed by atoms with van der Waals surface area (Å²) in [5.74, 6) is -0.450. The van der Waals surface area contributed by atoms with E-state index in [1.54, 1.807) is 17.0 Å². The lowest BCUT2D eigenvalue weighted by Gasteiger charge is -2.36. The number of benzene rings is 2. The summed E-state index contributed by atoms with van der Waals surface area (Å²) >= 11 is 1.26. The zero-order valence-electron chi connectivity index (χ0n) is 18.1. The Kier molecular flexibility index (Phi) is 6.81. The normalized spacial score (nSPS) is 18.5. The smallest absolute Gasteiger partial charge is 0.339 e. The highest BCUT2D eigenvalue weighted by atomic mass is 32.2. The molecule has 1 saturated heterocycles. The summed E-state index contributed by atoms with van der Waals surface area (Å²) in [5.41, 5.74) is 0.408. The maximum Gasteiger partial charge on any atom is 0.416 e. The highest BCUT2D eigenvalue weighted by Gasteiger charge is 2.33. The summed E-state index contributed by atoms with van der Waals surface area (Å²) in [6, 6.07) is 12.0. The maximum atomic E-state index is 13.3. The summed E-state index contributed by atoms with van der Waals surface area (Å²) in [4.78, 5) is 33.0. The van der Waals surface area contributed by atoms with Crippen LogP contribution in [0.3, 0.4) is 0 Å². The number of alkyl halides is 3. The zero-order chi connectivity index (χ0) is 23.6. The number of hydrogen-bond acceptors (Lipinski definition) is 4. The molecule has 2 aromatic carbocycles. The number of rotatable bonds is 4. The largest absolute Gasteiger partial charge is 0.416 e. The molecule has 0 aliphatic carbocycles. The van der Waals surface area contributed by atoms with Crippen molar-refractivity contribution < 1.29 is 22.8 Å². The van der Waals surface area contributed by atoms with Gasteiger partial charge in [0.05, 0.1) is 16.2 Å². The fourth-order valence-electron chi connectivity index (χ4n) is 3.89. The number of piperazine rings is 1. The number of carbonyl (C=O) groups is 2. The number of halogens is 3. The van der Waals surface area contributed by atoms with Gasteiger partial charge in [0, 0.05) is 31.1 Å². The van der Waals surface area contributed by atoms with Crippen LogP contribution in [-0.2, 0) is 15.8 Å². The van der Waals surface area contributed by atoms with Crippen molar-refractivity contribution in [1.82, 2.24) is 9.80 Å². The third kappa shape index (κ3) is 5.25. The van der Waals surface area contributed by atoms with Crippen LogP contribution in [0.15, 0.2) is 58.3 Å². The predicted octanol–water partition coefficient (Wildman–Crippen LogP) is 4.35. The van der Waals surface area contributed by atoms with Crippen LogP contribution < -0.4 is 4.90 Å². The van der Waals surface area contributed by atoms with Crippen LogP contribution in [0, 0.1) is 0 Å². The van der Waals surface area contributed by atoms with Crippen molar-refractivity contribution in [3.8, 4) is 0 Å². The standard InChI is InChI=1S/C24H24F3N3O2S/c1-2-28-11-13-29(14-12-28)22(31)16-30-19-5-3-4-6-20(19)33-21(23(30)32)15-17-7-9-18(10-8-17)24(25,26)27/h3-10,15H,2,11-14,16H2,1H3/b21-15+. The molecule has 2 amide bonds. The van der Waals surface area contributed by atoms with Crippen molar-refractivity contribution >= 4 is 35.3 Å². The first-order chi connectivity index (χ1) is 15.8. The lowest BCUT2D eigenvalue weighted by molar-refractivity contribution is -0.137. The predicted molar refractivity (Wildman–Crippen MR) is 123 cm³/mol. The number of para-hydroxylation sites is 1. The molecule has 174 valence electrons. The second-order valence-corrected chi connectivity index (χ2v) is 8.99. The minimum atomic E-state index is -4.42. The summed E-state index contributed by atoms with van der Waals surface area (Å²) in [6.45, 7) is 5.81. The molecule has 0 aromatic heterocycles. The van der Waals surface area contributed by atoms with Gasteiger partial charge in [-0.3, -0.25) is 14.5 Å². The average Bonchev–Trinajstić information content (AvgIpc) is 2.81. The topological polar surface area (TPSA) is 43.9 Å². The van der Waals surface area contributed by atoms with E-state index in [1.165, 1.54) is 28.8 Å². The van der Waals surface area contributed by atoms with Crippen LogP contribution in [0.1, 0.15) is 18.1 Å². The molecule has 2 aliphatic heterocycles. The van der Waals surface area contributed by atoms with E-state index in [0.29, 0.717) is 29.2 Å². The molecule has 33 heavy (non-hydrogen) atoms. The minimum Gasteiger partial charge on any atom is -0.339 e. The third-order valence-corrected chi connectivity index (χ3v) is 6.91. The van der Waals surface area contributed by atoms with Gasteiger partial charge in [0.25, 0.3) is 5.91 Å². The molecule has 4 rings (SSSR count). The molecular weight excluding hydrogens is 451 g/mol. The van der Waals surface area contributed by atoms with Gasteiger partial charge in [-0.05, 0) is 42.4 Å². The van der Waals surface area contributed by atoms with E-state index in [2.05, 4.69) is 11.8 Å². The maximum absolute atomic E-state index is 13.3. The summed E-state index contributed by atoms with van der Waals surface area (Å²) < 4.78 is 38.6. The van der Waals surface area contributed by atoms with Crippen molar-refractivity contribution in [2.24, 2.45) is 0 Å². The molecule has 0 spiro atoms. The lowest BCUT2D eigenvalue weighted by atomic mass is 10.1. The van der Waals surface area contributed by atoms with Crippen LogP contribution in [0.2, 0.25) is 0 Å². The average molecular weight is 476 g/mol. The molecular formula is C24H24F3N3O2S. The van der Waals surface area contributed by atoms with Crippen molar-refractivity contribution in [2.75, 3.05) is 44.2 Å². The van der Waals surface area contributed by atoms with Gasteiger partial charge < -0.3 is 9.80 Å². The van der Waals surface area contributed by atoms with Crippen LogP contribution in [0.4, 0.5) is 18.9 Å². The number of nitrogens with zero attached hydrogens (tertiary/aromatic N) is 3. The van der Waals surface area contributed by atoms with Crippen LogP contribution in [0.25, 0.3) is 6.08 Å². The van der Waals surface area contributed by atoms with E-state index in [1.807, 2.05) is 18.2 Å². The van der Waals surface area contributed by atoms with Crippen molar-refractivity contribution in [2.45, 2.75) is 18.0 Å². The molecule has 0 bridgehead atoms. The minimum absolute atomic E-state index is 0.0765. The molecule has 5 nitrogen and oxygen atoms in total. The fraction of sp³-hybridized carbons (Fsp3) is 0.333. The Labute approximate surface area is 194 Å². The van der Waals surface area contributed by atoms with Crippen LogP contribution in [0.5, 0.6) is 0 Å². The Balaban J connectivity index is 1.56. The molecule has 0 saturated carbocycles. The summed E-state index contributed by atoms with van der Waals surface area (Å²) in [5, 5.41) is 0. The molecule has 1 fully saturated rings. The van der Waals surface area contributed by atoms with Gasteiger partial charge in [-0.1, -0.05) is 43.0 Å². The quantitative estimate of drug-likeness (QED) is 0.617. The van der Waals surface area contributed by atoms with E-state index in [9.17, 15) is 22.8 Å². The van der Waals surface area contributed by atoms with E-state index < -0.39 is 11.7 Å². The number of hydrogen-bond donors (Lipinski definition) is 0. The van der Waals surface area contributed by atoms with Gasteiger partial charge in [0.15, 0.2) is 0 Å². The summed E-state index contributed by atoms with van der Waals surface area (Å²) in [7, 11) is 0. The second-order valence-electron chi connectivity index (χ2n) is 7.90. The van der Waals surface area contributed by atoms with Crippen molar-refractivity contribution in [3.63, 3.8) is 0 Å². The number of carbonyl (C=O) groups excluding carboxylic acids is 2. The third-order valence-electron chi connectivity index (χ3n) is 5.83. The molecule has 0 unspecified atom stereocenters. The molecule has 0 radical (unpaired) electrons. The lowest BCUT2D eigenvalue weighted by Crippen LogP contribution is -2.52. The Bertz CT molecular complexity index is 1060. The molecule has 2 heterocycles. The molecule has 2 aromatic rings.